The predicted molar refractivity (Wildman–Crippen MR) is 81.4 cm³/mol. The smallest absolute Gasteiger partial charge is 0.188 e. The maximum atomic E-state index is 11.3. The highest BCUT2D eigenvalue weighted by Crippen LogP contribution is 2.18. The first-order chi connectivity index (χ1) is 9.55. The van der Waals surface area contributed by atoms with E-state index in [1.54, 1.807) is 0 Å². The SMILES string of the molecule is NC(=NCC1CCS(=O)(=O)C1)NCCc1ccccc1. The number of nitrogens with two attached hydrogens (primary N) is 1. The molecule has 3 N–H and O–H groups in total. The molecule has 0 aromatic heterocycles. The molecule has 1 unspecified atom stereocenters. The van der Waals surface area contributed by atoms with Crippen LogP contribution in [0.5, 0.6) is 0 Å². The summed E-state index contributed by atoms with van der Waals surface area (Å²) >= 11 is 0. The van der Waals surface area contributed by atoms with Crippen molar-refractivity contribution in [3.8, 4) is 0 Å². The molecule has 1 saturated heterocycles. The van der Waals surface area contributed by atoms with Crippen LogP contribution in [0.25, 0.3) is 0 Å². The maximum absolute atomic E-state index is 11.3. The van der Waals surface area contributed by atoms with Crippen molar-refractivity contribution in [2.24, 2.45) is 16.6 Å². The molecule has 0 saturated carbocycles. The second kappa shape index (κ2) is 6.74. The number of aliphatic imine (C=N–C) groups is 1. The summed E-state index contributed by atoms with van der Waals surface area (Å²) in [6.45, 7) is 1.21. The number of nitrogens with zero attached hydrogens (tertiary/aromatic N) is 1. The molecule has 0 amide bonds. The van der Waals surface area contributed by atoms with Gasteiger partial charge in [0.05, 0.1) is 11.5 Å². The second-order valence-electron chi connectivity index (χ2n) is 5.16. The first kappa shape index (κ1) is 14.8. The molecular weight excluding hydrogens is 274 g/mol. The molecule has 0 radical (unpaired) electrons. The number of hydrogen-bond acceptors (Lipinski definition) is 3. The minimum absolute atomic E-state index is 0.120. The Labute approximate surface area is 120 Å². The summed E-state index contributed by atoms with van der Waals surface area (Å²) in [5, 5.41) is 3.05. The molecular formula is C14H21N3O2S. The van der Waals surface area contributed by atoms with Gasteiger partial charge >= 0.3 is 0 Å². The van der Waals surface area contributed by atoms with Gasteiger partial charge in [-0.25, -0.2) is 8.42 Å². The van der Waals surface area contributed by atoms with Crippen molar-refractivity contribution in [2.75, 3.05) is 24.6 Å². The summed E-state index contributed by atoms with van der Waals surface area (Å²) in [6.07, 6.45) is 1.58. The topological polar surface area (TPSA) is 84.5 Å². The fourth-order valence-electron chi connectivity index (χ4n) is 2.28. The van der Waals surface area contributed by atoms with Crippen LogP contribution in [0, 0.1) is 5.92 Å². The lowest BCUT2D eigenvalue weighted by atomic mass is 10.1. The highest BCUT2D eigenvalue weighted by molar-refractivity contribution is 7.91. The van der Waals surface area contributed by atoms with Crippen LogP contribution in [-0.2, 0) is 16.3 Å². The largest absolute Gasteiger partial charge is 0.370 e. The van der Waals surface area contributed by atoms with Gasteiger partial charge in [-0.3, -0.25) is 4.99 Å². The predicted octanol–water partition coefficient (Wildman–Crippen LogP) is 0.568. The molecule has 1 heterocycles. The molecule has 1 aliphatic heterocycles. The van der Waals surface area contributed by atoms with E-state index < -0.39 is 9.84 Å². The van der Waals surface area contributed by atoms with E-state index in [0.29, 0.717) is 18.9 Å². The van der Waals surface area contributed by atoms with Gasteiger partial charge in [0.2, 0.25) is 0 Å². The molecule has 1 aliphatic rings. The zero-order valence-electron chi connectivity index (χ0n) is 11.5. The van der Waals surface area contributed by atoms with Gasteiger partial charge in [0, 0.05) is 13.1 Å². The fourth-order valence-corrected chi connectivity index (χ4v) is 4.13. The number of nitrogens with one attached hydrogen (secondary N) is 1. The van der Waals surface area contributed by atoms with Crippen LogP contribution in [0.3, 0.4) is 0 Å². The Hall–Kier alpha value is -1.56. The van der Waals surface area contributed by atoms with Crippen molar-refractivity contribution < 1.29 is 8.42 Å². The summed E-state index contributed by atoms with van der Waals surface area (Å²) in [4.78, 5) is 4.22. The monoisotopic (exact) mass is 295 g/mol. The van der Waals surface area contributed by atoms with Gasteiger partial charge in [0.15, 0.2) is 15.8 Å². The van der Waals surface area contributed by atoms with Crippen LogP contribution in [0.4, 0.5) is 0 Å². The quantitative estimate of drug-likeness (QED) is 0.614. The molecule has 1 atom stereocenters. The summed E-state index contributed by atoms with van der Waals surface area (Å²) < 4.78 is 22.6. The molecule has 0 spiro atoms. The number of hydrogen-bond donors (Lipinski definition) is 2. The van der Waals surface area contributed by atoms with Crippen molar-refractivity contribution >= 4 is 15.8 Å². The van der Waals surface area contributed by atoms with E-state index in [9.17, 15) is 8.42 Å². The number of sulfone groups is 1. The van der Waals surface area contributed by atoms with Gasteiger partial charge < -0.3 is 11.1 Å². The zero-order valence-corrected chi connectivity index (χ0v) is 12.3. The van der Waals surface area contributed by atoms with Crippen LogP contribution in [0.1, 0.15) is 12.0 Å². The van der Waals surface area contributed by atoms with Gasteiger partial charge in [-0.2, -0.15) is 0 Å². The van der Waals surface area contributed by atoms with Gasteiger partial charge in [-0.1, -0.05) is 30.3 Å². The molecule has 1 aromatic carbocycles. The highest BCUT2D eigenvalue weighted by atomic mass is 32.2. The average Bonchev–Trinajstić information content (AvgIpc) is 2.77. The van der Waals surface area contributed by atoms with Crippen molar-refractivity contribution in [1.82, 2.24) is 5.32 Å². The van der Waals surface area contributed by atoms with E-state index in [0.717, 1.165) is 13.0 Å². The summed E-state index contributed by atoms with van der Waals surface area (Å²) in [7, 11) is -2.83. The van der Waals surface area contributed by atoms with Gasteiger partial charge in [0.25, 0.3) is 0 Å². The third-order valence-corrected chi connectivity index (χ3v) is 5.25. The van der Waals surface area contributed by atoms with Crippen LogP contribution in [-0.4, -0.2) is 39.0 Å². The normalized spacial score (nSPS) is 21.8. The minimum Gasteiger partial charge on any atom is -0.370 e. The maximum Gasteiger partial charge on any atom is 0.188 e. The Bertz CT molecular complexity index is 555. The van der Waals surface area contributed by atoms with E-state index in [1.165, 1.54) is 5.56 Å². The molecule has 6 heteroatoms. The summed E-state index contributed by atoms with van der Waals surface area (Å²) in [5.74, 6) is 1.04. The van der Waals surface area contributed by atoms with E-state index in [2.05, 4.69) is 22.4 Å². The number of benzene rings is 1. The molecule has 1 aromatic rings. The van der Waals surface area contributed by atoms with E-state index in [4.69, 9.17) is 5.73 Å². The summed E-state index contributed by atoms with van der Waals surface area (Å²) in [6, 6.07) is 10.1. The molecule has 1 fully saturated rings. The Kier molecular flexibility index (Phi) is 5.00. The highest BCUT2D eigenvalue weighted by Gasteiger charge is 2.27. The van der Waals surface area contributed by atoms with Gasteiger partial charge in [-0.15, -0.1) is 0 Å². The summed E-state index contributed by atoms with van der Waals surface area (Å²) in [5.41, 5.74) is 7.02. The van der Waals surface area contributed by atoms with Crippen molar-refractivity contribution in [1.29, 1.82) is 0 Å². The molecule has 0 bridgehead atoms. The van der Waals surface area contributed by atoms with Gasteiger partial charge in [-0.05, 0) is 24.3 Å². The number of rotatable bonds is 5. The third kappa shape index (κ3) is 4.85. The average molecular weight is 295 g/mol. The lowest BCUT2D eigenvalue weighted by molar-refractivity contribution is 0.590. The molecule has 0 aliphatic carbocycles. The van der Waals surface area contributed by atoms with Crippen molar-refractivity contribution in [3.05, 3.63) is 35.9 Å². The molecule has 110 valence electrons. The number of guanidine groups is 1. The van der Waals surface area contributed by atoms with Crippen LogP contribution < -0.4 is 11.1 Å². The minimum atomic E-state index is -2.83. The molecule has 5 nitrogen and oxygen atoms in total. The first-order valence-electron chi connectivity index (χ1n) is 6.83. The fraction of sp³-hybridized carbons (Fsp3) is 0.500. The van der Waals surface area contributed by atoms with Crippen LogP contribution >= 0.6 is 0 Å². The molecule has 20 heavy (non-hydrogen) atoms. The first-order valence-corrected chi connectivity index (χ1v) is 8.65. The Morgan fingerprint density at radius 2 is 2.10 bits per heavy atom. The Morgan fingerprint density at radius 1 is 1.35 bits per heavy atom. The lowest BCUT2D eigenvalue weighted by Crippen LogP contribution is -2.33. The van der Waals surface area contributed by atoms with Crippen LogP contribution in [0.2, 0.25) is 0 Å². The van der Waals surface area contributed by atoms with E-state index >= 15 is 0 Å². The third-order valence-electron chi connectivity index (χ3n) is 3.41. The molecule has 2 rings (SSSR count). The van der Waals surface area contributed by atoms with E-state index in [1.807, 2.05) is 18.2 Å². The Morgan fingerprint density at radius 3 is 2.75 bits per heavy atom. The van der Waals surface area contributed by atoms with Crippen molar-refractivity contribution in [2.45, 2.75) is 12.8 Å². The van der Waals surface area contributed by atoms with Crippen LogP contribution in [0.15, 0.2) is 35.3 Å². The second-order valence-corrected chi connectivity index (χ2v) is 7.39. The lowest BCUT2D eigenvalue weighted by Gasteiger charge is -2.07. The van der Waals surface area contributed by atoms with Gasteiger partial charge in [0.1, 0.15) is 0 Å². The Balaban J connectivity index is 1.69. The standard InChI is InChI=1S/C14H21N3O2S/c15-14(16-8-6-12-4-2-1-3-5-12)17-10-13-7-9-20(18,19)11-13/h1-5,13H,6-11H2,(H3,15,16,17). The van der Waals surface area contributed by atoms with E-state index in [-0.39, 0.29) is 17.4 Å². The van der Waals surface area contributed by atoms with Crippen molar-refractivity contribution in [3.63, 3.8) is 0 Å². The zero-order chi connectivity index (χ0) is 14.4.